The molecule has 18 heavy (non-hydrogen) atoms. The zero-order chi connectivity index (χ0) is 13.2. The fourth-order valence-corrected chi connectivity index (χ4v) is 3.74. The van der Waals surface area contributed by atoms with E-state index in [-0.39, 0.29) is 35.1 Å². The van der Waals surface area contributed by atoms with Gasteiger partial charge in [0.15, 0.2) is 0 Å². The molecule has 3 fully saturated rings. The van der Waals surface area contributed by atoms with Gasteiger partial charge >= 0.3 is 5.97 Å². The maximum absolute atomic E-state index is 12.2. The van der Waals surface area contributed by atoms with E-state index in [4.69, 9.17) is 5.11 Å². The number of rotatable bonds is 2. The predicted octanol–water partition coefficient (Wildman–Crippen LogP) is 0.881. The molecule has 0 radical (unpaired) electrons. The van der Waals surface area contributed by atoms with Crippen molar-refractivity contribution in [2.45, 2.75) is 39.2 Å². The Labute approximate surface area is 105 Å². The van der Waals surface area contributed by atoms with E-state index in [2.05, 4.69) is 0 Å². The Bertz CT molecular complexity index is 432. The van der Waals surface area contributed by atoms with Gasteiger partial charge in [0.25, 0.3) is 0 Å². The number of piperidine rings is 1. The third-order valence-corrected chi connectivity index (χ3v) is 4.95. The molecule has 1 saturated heterocycles. The van der Waals surface area contributed by atoms with E-state index in [0.717, 1.165) is 0 Å². The molecule has 2 amide bonds. The standard InChI is InChI=1S/C13H17NO4/c1-13(2)8-9(13)11(16)14(10(8)15)7-4-3-6(5-7)12(17)18/h6-9H,3-5H2,1-2H3,(H,17,18)/t6-,7+,8?,9?/m1/s1. The van der Waals surface area contributed by atoms with Gasteiger partial charge in [-0.3, -0.25) is 19.3 Å². The lowest BCUT2D eigenvalue weighted by Crippen LogP contribution is -2.43. The van der Waals surface area contributed by atoms with Crippen LogP contribution in [0.3, 0.4) is 0 Å². The van der Waals surface area contributed by atoms with Crippen LogP contribution >= 0.6 is 0 Å². The van der Waals surface area contributed by atoms with Crippen molar-refractivity contribution in [3.05, 3.63) is 0 Å². The topological polar surface area (TPSA) is 74.7 Å². The SMILES string of the molecule is CC1(C)C2C(=O)N([C@H]3CC[C@@H](C(=O)O)C3)C(=O)C21. The van der Waals surface area contributed by atoms with E-state index >= 15 is 0 Å². The minimum Gasteiger partial charge on any atom is -0.481 e. The lowest BCUT2D eigenvalue weighted by Gasteiger charge is -2.26. The predicted molar refractivity (Wildman–Crippen MR) is 61.4 cm³/mol. The van der Waals surface area contributed by atoms with Gasteiger partial charge in [0.05, 0.1) is 17.8 Å². The number of hydrogen-bond donors (Lipinski definition) is 1. The molecule has 98 valence electrons. The highest BCUT2D eigenvalue weighted by atomic mass is 16.4. The first-order valence-corrected chi connectivity index (χ1v) is 6.45. The molecule has 2 unspecified atom stereocenters. The van der Waals surface area contributed by atoms with E-state index in [1.165, 1.54) is 4.90 Å². The molecule has 1 aliphatic heterocycles. The molecule has 0 aromatic carbocycles. The number of carboxylic acids is 1. The third-order valence-electron chi connectivity index (χ3n) is 4.95. The number of nitrogens with zero attached hydrogens (tertiary/aromatic N) is 1. The molecule has 2 saturated carbocycles. The molecule has 1 N–H and O–H groups in total. The van der Waals surface area contributed by atoms with Gasteiger partial charge in [0, 0.05) is 6.04 Å². The fraction of sp³-hybridized carbons (Fsp3) is 0.769. The second-order valence-corrected chi connectivity index (χ2v) is 6.33. The molecule has 2 aliphatic carbocycles. The number of likely N-dealkylation sites (tertiary alicyclic amines) is 1. The molecule has 1 heterocycles. The van der Waals surface area contributed by atoms with Crippen molar-refractivity contribution >= 4 is 17.8 Å². The Morgan fingerprint density at radius 2 is 1.78 bits per heavy atom. The van der Waals surface area contributed by atoms with Crippen LogP contribution in [0.25, 0.3) is 0 Å². The van der Waals surface area contributed by atoms with Crippen LogP contribution in [0.5, 0.6) is 0 Å². The molecule has 3 rings (SSSR count). The Hall–Kier alpha value is -1.39. The highest BCUT2D eigenvalue weighted by Crippen LogP contribution is 2.64. The lowest BCUT2D eigenvalue weighted by atomic mass is 10.0. The maximum atomic E-state index is 12.2. The molecular weight excluding hydrogens is 234 g/mol. The average molecular weight is 251 g/mol. The van der Waals surface area contributed by atoms with Crippen molar-refractivity contribution in [1.82, 2.24) is 4.90 Å². The number of hydrogen-bond acceptors (Lipinski definition) is 3. The van der Waals surface area contributed by atoms with Crippen LogP contribution in [0.4, 0.5) is 0 Å². The summed E-state index contributed by atoms with van der Waals surface area (Å²) in [5.41, 5.74) is -0.185. The zero-order valence-corrected chi connectivity index (χ0v) is 10.5. The quantitative estimate of drug-likeness (QED) is 0.739. The van der Waals surface area contributed by atoms with Crippen LogP contribution in [-0.4, -0.2) is 33.8 Å². The van der Waals surface area contributed by atoms with Crippen LogP contribution in [0, 0.1) is 23.2 Å². The normalized spacial score (nSPS) is 41.1. The van der Waals surface area contributed by atoms with Gasteiger partial charge in [-0.1, -0.05) is 13.8 Å². The van der Waals surface area contributed by atoms with Gasteiger partial charge < -0.3 is 5.11 Å². The first kappa shape index (κ1) is 11.7. The summed E-state index contributed by atoms with van der Waals surface area (Å²) in [7, 11) is 0. The molecule has 5 nitrogen and oxygen atoms in total. The van der Waals surface area contributed by atoms with Crippen LogP contribution < -0.4 is 0 Å². The van der Waals surface area contributed by atoms with Crippen LogP contribution in [0.2, 0.25) is 0 Å². The maximum Gasteiger partial charge on any atom is 0.306 e. The summed E-state index contributed by atoms with van der Waals surface area (Å²) in [6, 6.07) is -0.185. The van der Waals surface area contributed by atoms with Crippen LogP contribution in [0.1, 0.15) is 33.1 Å². The highest BCUT2D eigenvalue weighted by Gasteiger charge is 2.73. The molecule has 3 aliphatic rings. The lowest BCUT2D eigenvalue weighted by molar-refractivity contribution is -0.147. The Balaban J connectivity index is 1.75. The van der Waals surface area contributed by atoms with Crippen LogP contribution in [-0.2, 0) is 14.4 Å². The zero-order valence-electron chi connectivity index (χ0n) is 10.5. The van der Waals surface area contributed by atoms with Gasteiger partial charge in [-0.15, -0.1) is 0 Å². The second-order valence-electron chi connectivity index (χ2n) is 6.33. The smallest absolute Gasteiger partial charge is 0.306 e. The number of aliphatic carboxylic acids is 1. The Morgan fingerprint density at radius 1 is 1.22 bits per heavy atom. The minimum absolute atomic E-state index is 0.0777. The van der Waals surface area contributed by atoms with Crippen molar-refractivity contribution in [3.8, 4) is 0 Å². The van der Waals surface area contributed by atoms with Crippen molar-refractivity contribution in [1.29, 1.82) is 0 Å². The summed E-state index contributed by atoms with van der Waals surface area (Å²) in [6.07, 6.45) is 1.62. The number of amides is 2. The van der Waals surface area contributed by atoms with Gasteiger partial charge in [0.2, 0.25) is 11.8 Å². The van der Waals surface area contributed by atoms with E-state index in [0.29, 0.717) is 19.3 Å². The molecule has 0 aromatic heterocycles. The summed E-state index contributed by atoms with van der Waals surface area (Å²) < 4.78 is 0. The molecule has 5 heteroatoms. The van der Waals surface area contributed by atoms with E-state index in [9.17, 15) is 14.4 Å². The summed E-state index contributed by atoms with van der Waals surface area (Å²) >= 11 is 0. The molecule has 0 spiro atoms. The van der Waals surface area contributed by atoms with Gasteiger partial charge in [-0.2, -0.15) is 0 Å². The monoisotopic (exact) mass is 251 g/mol. The van der Waals surface area contributed by atoms with Crippen molar-refractivity contribution in [2.75, 3.05) is 0 Å². The first-order chi connectivity index (χ1) is 8.35. The number of carbonyl (C=O) groups excluding carboxylic acids is 2. The van der Waals surface area contributed by atoms with Gasteiger partial charge in [-0.25, -0.2) is 0 Å². The van der Waals surface area contributed by atoms with E-state index in [1.54, 1.807) is 0 Å². The fourth-order valence-electron chi connectivity index (χ4n) is 3.74. The van der Waals surface area contributed by atoms with Crippen molar-refractivity contribution < 1.29 is 19.5 Å². The third kappa shape index (κ3) is 1.30. The molecule has 0 bridgehead atoms. The Kier molecular flexibility index (Phi) is 2.17. The number of fused-ring (bicyclic) bond motifs is 1. The average Bonchev–Trinajstić information content (AvgIpc) is 2.65. The summed E-state index contributed by atoms with van der Waals surface area (Å²) in [5.74, 6) is -1.69. The summed E-state index contributed by atoms with van der Waals surface area (Å²) in [5, 5.41) is 8.96. The van der Waals surface area contributed by atoms with Gasteiger partial charge in [-0.05, 0) is 24.7 Å². The van der Waals surface area contributed by atoms with E-state index < -0.39 is 11.9 Å². The van der Waals surface area contributed by atoms with Crippen LogP contribution in [0.15, 0.2) is 0 Å². The number of carboxylic acid groups (broad SMARTS) is 1. The number of imide groups is 1. The highest BCUT2D eigenvalue weighted by molar-refractivity contribution is 6.10. The molecular formula is C13H17NO4. The van der Waals surface area contributed by atoms with Gasteiger partial charge in [0.1, 0.15) is 0 Å². The summed E-state index contributed by atoms with van der Waals surface area (Å²) in [6.45, 7) is 3.90. The molecule has 0 aromatic rings. The summed E-state index contributed by atoms with van der Waals surface area (Å²) in [4.78, 5) is 36.7. The first-order valence-electron chi connectivity index (χ1n) is 6.45. The number of carbonyl (C=O) groups is 3. The minimum atomic E-state index is -0.818. The van der Waals surface area contributed by atoms with E-state index in [1.807, 2.05) is 13.8 Å². The Morgan fingerprint density at radius 3 is 2.22 bits per heavy atom. The van der Waals surface area contributed by atoms with Crippen molar-refractivity contribution in [2.24, 2.45) is 23.2 Å². The second kappa shape index (κ2) is 3.33. The van der Waals surface area contributed by atoms with Crippen molar-refractivity contribution in [3.63, 3.8) is 0 Å². The molecule has 4 atom stereocenters. The largest absolute Gasteiger partial charge is 0.481 e.